The second kappa shape index (κ2) is 9.41. The van der Waals surface area contributed by atoms with E-state index in [4.69, 9.17) is 4.74 Å². The maximum atomic E-state index is 13.8. The van der Waals surface area contributed by atoms with Gasteiger partial charge in [-0.3, -0.25) is 4.79 Å². The average molecular weight is 474 g/mol. The number of pyridine rings is 1. The third-order valence-corrected chi connectivity index (χ3v) is 5.70. The Morgan fingerprint density at radius 1 is 1.18 bits per heavy atom. The minimum Gasteiger partial charge on any atom is -0.372 e. The summed E-state index contributed by atoms with van der Waals surface area (Å²) in [6.45, 7) is 6.27. The van der Waals surface area contributed by atoms with Crippen molar-refractivity contribution in [2.45, 2.75) is 45.2 Å². The molecule has 180 valence electrons. The first-order chi connectivity index (χ1) is 16.1. The van der Waals surface area contributed by atoms with Gasteiger partial charge in [-0.2, -0.15) is 28.2 Å². The first kappa shape index (κ1) is 23.7. The zero-order valence-electron chi connectivity index (χ0n) is 19.0. The summed E-state index contributed by atoms with van der Waals surface area (Å²) in [4.78, 5) is 20.8. The van der Waals surface area contributed by atoms with E-state index in [2.05, 4.69) is 20.5 Å². The minimum atomic E-state index is -4.45. The molecule has 3 aromatic rings. The second-order valence-corrected chi connectivity index (χ2v) is 8.33. The van der Waals surface area contributed by atoms with Crippen LogP contribution in [0.3, 0.4) is 0 Å². The number of carbonyl (C=O) groups excluding carboxylic acids is 1. The molecular formula is C23H25F3N6O2. The van der Waals surface area contributed by atoms with E-state index in [0.717, 1.165) is 17.8 Å². The average Bonchev–Trinajstić information content (AvgIpc) is 3.32. The van der Waals surface area contributed by atoms with Gasteiger partial charge >= 0.3 is 6.18 Å². The third kappa shape index (κ3) is 5.04. The molecule has 1 aliphatic rings. The van der Waals surface area contributed by atoms with E-state index in [1.807, 2.05) is 26.8 Å². The highest BCUT2D eigenvalue weighted by molar-refractivity contribution is 5.98. The summed E-state index contributed by atoms with van der Waals surface area (Å²) in [6, 6.07) is 7.34. The van der Waals surface area contributed by atoms with Crippen LogP contribution in [0, 0.1) is 6.92 Å². The smallest absolute Gasteiger partial charge is 0.372 e. The van der Waals surface area contributed by atoms with Gasteiger partial charge in [0.15, 0.2) is 0 Å². The van der Waals surface area contributed by atoms with E-state index >= 15 is 0 Å². The van der Waals surface area contributed by atoms with Gasteiger partial charge in [-0.05, 0) is 45.0 Å². The number of morpholine rings is 1. The molecule has 4 rings (SSSR count). The molecule has 3 heterocycles. The molecule has 34 heavy (non-hydrogen) atoms. The number of nitrogens with one attached hydrogen (secondary N) is 1. The summed E-state index contributed by atoms with van der Waals surface area (Å²) in [7, 11) is 0. The lowest BCUT2D eigenvalue weighted by atomic mass is 10.0. The number of ether oxygens (including phenoxy) is 1. The number of anilines is 1. The van der Waals surface area contributed by atoms with Crippen molar-refractivity contribution in [2.24, 2.45) is 0 Å². The van der Waals surface area contributed by atoms with Crippen LogP contribution < -0.4 is 5.32 Å². The summed E-state index contributed by atoms with van der Waals surface area (Å²) >= 11 is 0. The number of aryl methyl sites for hydroxylation is 1. The number of alkyl halides is 3. The predicted molar refractivity (Wildman–Crippen MR) is 119 cm³/mol. The Morgan fingerprint density at radius 2 is 1.91 bits per heavy atom. The number of carbonyl (C=O) groups is 1. The van der Waals surface area contributed by atoms with Gasteiger partial charge in [-0.15, -0.1) is 0 Å². The molecule has 8 nitrogen and oxygen atoms in total. The van der Waals surface area contributed by atoms with Crippen molar-refractivity contribution in [3.05, 3.63) is 65.6 Å². The quantitative estimate of drug-likeness (QED) is 0.607. The van der Waals surface area contributed by atoms with Crippen LogP contribution in [0.25, 0.3) is 5.69 Å². The van der Waals surface area contributed by atoms with Crippen molar-refractivity contribution >= 4 is 11.7 Å². The highest BCUT2D eigenvalue weighted by Crippen LogP contribution is 2.29. The van der Waals surface area contributed by atoms with Crippen LogP contribution in [0.1, 0.15) is 35.3 Å². The Bertz CT molecular complexity index is 1130. The molecule has 1 fully saturated rings. The molecule has 1 saturated heterocycles. The van der Waals surface area contributed by atoms with Gasteiger partial charge in [0.25, 0.3) is 5.91 Å². The van der Waals surface area contributed by atoms with Crippen molar-refractivity contribution in [1.82, 2.24) is 24.9 Å². The van der Waals surface area contributed by atoms with Gasteiger partial charge in [-0.25, -0.2) is 4.98 Å². The number of rotatable bonds is 5. The number of amides is 1. The van der Waals surface area contributed by atoms with Crippen LogP contribution in [0.4, 0.5) is 19.0 Å². The molecule has 1 amide bonds. The first-order valence-corrected chi connectivity index (χ1v) is 10.8. The van der Waals surface area contributed by atoms with Crippen molar-refractivity contribution in [2.75, 3.05) is 18.4 Å². The summed E-state index contributed by atoms with van der Waals surface area (Å²) in [5.41, 5.74) is 1.10. The molecule has 1 aromatic carbocycles. The molecular weight excluding hydrogens is 449 g/mol. The molecule has 0 bridgehead atoms. The topological polar surface area (TPSA) is 85.2 Å². The van der Waals surface area contributed by atoms with Gasteiger partial charge in [0.2, 0.25) is 0 Å². The Labute approximate surface area is 194 Å². The van der Waals surface area contributed by atoms with Crippen LogP contribution in [0.15, 0.2) is 48.9 Å². The van der Waals surface area contributed by atoms with E-state index < -0.39 is 11.7 Å². The Hall–Kier alpha value is -3.47. The summed E-state index contributed by atoms with van der Waals surface area (Å²) < 4.78 is 44.4. The second-order valence-electron chi connectivity index (χ2n) is 8.33. The van der Waals surface area contributed by atoms with Crippen LogP contribution in [0.2, 0.25) is 0 Å². The maximum absolute atomic E-state index is 13.8. The summed E-state index contributed by atoms with van der Waals surface area (Å²) in [5.74, 6) is 0.0772. The SMILES string of the molecule is Cc1ccc(-n2nccn2)c(C(=O)N2C[C@H](C)O[C@@H](C)[C@H]2CNc2ccc(C(F)(F)F)cn2)c1. The third-order valence-electron chi connectivity index (χ3n) is 5.70. The maximum Gasteiger partial charge on any atom is 0.417 e. The number of nitrogens with zero attached hydrogens (tertiary/aromatic N) is 5. The van der Waals surface area contributed by atoms with Crippen LogP contribution >= 0.6 is 0 Å². The lowest BCUT2D eigenvalue weighted by Gasteiger charge is -2.43. The van der Waals surface area contributed by atoms with Gasteiger partial charge in [0.1, 0.15) is 5.82 Å². The lowest BCUT2D eigenvalue weighted by molar-refractivity contribution is -0.137. The van der Waals surface area contributed by atoms with Gasteiger partial charge in [-0.1, -0.05) is 11.6 Å². The van der Waals surface area contributed by atoms with E-state index in [0.29, 0.717) is 17.8 Å². The molecule has 0 radical (unpaired) electrons. The number of benzene rings is 1. The Balaban J connectivity index is 1.58. The number of aromatic nitrogens is 4. The van der Waals surface area contributed by atoms with Gasteiger partial charge in [0.05, 0.1) is 47.5 Å². The molecule has 0 aliphatic carbocycles. The highest BCUT2D eigenvalue weighted by atomic mass is 19.4. The van der Waals surface area contributed by atoms with E-state index in [-0.39, 0.29) is 36.5 Å². The van der Waals surface area contributed by atoms with Crippen LogP contribution in [-0.2, 0) is 10.9 Å². The molecule has 1 N–H and O–H groups in total. The molecule has 0 unspecified atom stereocenters. The number of halogens is 3. The molecule has 0 saturated carbocycles. The van der Waals surface area contributed by atoms with E-state index in [1.54, 1.807) is 17.0 Å². The van der Waals surface area contributed by atoms with E-state index in [9.17, 15) is 18.0 Å². The van der Waals surface area contributed by atoms with Crippen LogP contribution in [-0.4, -0.2) is 62.1 Å². The Morgan fingerprint density at radius 3 is 2.56 bits per heavy atom. The normalized spacial score (nSPS) is 20.9. The lowest BCUT2D eigenvalue weighted by Crippen LogP contribution is -2.58. The summed E-state index contributed by atoms with van der Waals surface area (Å²) in [5, 5.41) is 11.4. The fraction of sp³-hybridized carbons (Fsp3) is 0.391. The minimum absolute atomic E-state index is 0.185. The predicted octanol–water partition coefficient (Wildman–Crippen LogP) is 3.72. The largest absolute Gasteiger partial charge is 0.417 e. The van der Waals surface area contributed by atoms with Gasteiger partial charge < -0.3 is 15.0 Å². The zero-order valence-corrected chi connectivity index (χ0v) is 19.0. The zero-order chi connectivity index (χ0) is 24.5. The monoisotopic (exact) mass is 474 g/mol. The fourth-order valence-corrected chi connectivity index (χ4v) is 4.04. The van der Waals surface area contributed by atoms with Crippen molar-refractivity contribution < 1.29 is 22.7 Å². The van der Waals surface area contributed by atoms with Crippen molar-refractivity contribution in [3.8, 4) is 5.69 Å². The fourth-order valence-electron chi connectivity index (χ4n) is 4.04. The molecule has 11 heteroatoms. The van der Waals surface area contributed by atoms with Crippen molar-refractivity contribution in [1.29, 1.82) is 0 Å². The van der Waals surface area contributed by atoms with E-state index in [1.165, 1.54) is 23.3 Å². The standard InChI is InChI=1S/C23H25F3N6O2/c1-14-4-6-19(32-29-8-9-30-32)18(10-14)22(33)31-13-15(2)34-16(3)20(31)12-28-21-7-5-17(11-27-21)23(24,25)26/h4-11,15-16,20H,12-13H2,1-3H3,(H,27,28)/t15-,16-,20+/m0/s1. The van der Waals surface area contributed by atoms with Gasteiger partial charge in [0, 0.05) is 19.3 Å². The summed E-state index contributed by atoms with van der Waals surface area (Å²) in [6.07, 6.45) is -1.09. The Kier molecular flexibility index (Phi) is 6.56. The number of hydrogen-bond acceptors (Lipinski definition) is 6. The van der Waals surface area contributed by atoms with Crippen LogP contribution in [0.5, 0.6) is 0 Å². The highest BCUT2D eigenvalue weighted by Gasteiger charge is 2.37. The molecule has 3 atom stereocenters. The first-order valence-electron chi connectivity index (χ1n) is 10.8. The molecule has 1 aliphatic heterocycles. The molecule has 2 aromatic heterocycles. The number of hydrogen-bond donors (Lipinski definition) is 1. The molecule has 0 spiro atoms. The van der Waals surface area contributed by atoms with Crippen molar-refractivity contribution in [3.63, 3.8) is 0 Å².